The largest absolute Gasteiger partial charge is 0.308 e. The van der Waals surface area contributed by atoms with Gasteiger partial charge in [0.1, 0.15) is 0 Å². The minimum atomic E-state index is -3.40. The molecule has 0 bridgehead atoms. The molecule has 0 N–H and O–H groups in total. The van der Waals surface area contributed by atoms with Crippen LogP contribution in [0.4, 0.5) is 5.13 Å². The number of hydrogen-bond donors (Lipinski definition) is 0. The number of hydrogen-bond acceptors (Lipinski definition) is 6. The Hall–Kier alpha value is -2.00. The molecule has 30 heavy (non-hydrogen) atoms. The quantitative estimate of drug-likeness (QED) is 0.549. The summed E-state index contributed by atoms with van der Waals surface area (Å²) in [6, 6.07) is 10.3. The molecule has 0 unspecified atom stereocenters. The minimum Gasteiger partial charge on any atom is -0.308 e. The van der Waals surface area contributed by atoms with Gasteiger partial charge in [-0.1, -0.05) is 23.5 Å². The van der Waals surface area contributed by atoms with Gasteiger partial charge in [0.25, 0.3) is 5.91 Å². The lowest BCUT2D eigenvalue weighted by Gasteiger charge is -2.22. The third-order valence-electron chi connectivity index (χ3n) is 4.83. The number of aryl methyl sites for hydroxylation is 2. The Morgan fingerprint density at radius 3 is 2.43 bits per heavy atom. The van der Waals surface area contributed by atoms with Gasteiger partial charge >= 0.3 is 0 Å². The number of halogens is 1. The molecule has 2 aromatic carbocycles. The van der Waals surface area contributed by atoms with Gasteiger partial charge in [-0.15, -0.1) is 12.4 Å². The van der Waals surface area contributed by atoms with Crippen molar-refractivity contribution in [1.29, 1.82) is 0 Å². The zero-order chi connectivity index (χ0) is 21.3. The van der Waals surface area contributed by atoms with Crippen LogP contribution in [-0.2, 0) is 9.84 Å². The highest BCUT2D eigenvalue weighted by atomic mass is 35.5. The first-order valence-corrected chi connectivity index (χ1v) is 11.9. The molecule has 0 aliphatic carbocycles. The highest BCUT2D eigenvalue weighted by Crippen LogP contribution is 2.32. The summed E-state index contributed by atoms with van der Waals surface area (Å²) < 4.78 is 24.8. The Kier molecular flexibility index (Phi) is 7.63. The monoisotopic (exact) mass is 467 g/mol. The van der Waals surface area contributed by atoms with Gasteiger partial charge < -0.3 is 4.90 Å². The van der Waals surface area contributed by atoms with Crippen LogP contribution in [0.3, 0.4) is 0 Å². The molecule has 0 aliphatic rings. The number of likely N-dealkylation sites (N-methyl/N-ethyl adjacent to an activating group) is 1. The van der Waals surface area contributed by atoms with Crippen LogP contribution >= 0.6 is 23.7 Å². The summed E-state index contributed by atoms with van der Waals surface area (Å²) in [6.45, 7) is 5.18. The SMILES string of the molecule is Cc1ccc2sc(N(CCN(C)C)C(=O)c3cccc(S(C)(=O)=O)c3)nc2c1C.Cl. The van der Waals surface area contributed by atoms with Crippen molar-refractivity contribution in [2.45, 2.75) is 18.7 Å². The van der Waals surface area contributed by atoms with Crippen molar-refractivity contribution in [3.05, 3.63) is 53.1 Å². The fourth-order valence-corrected chi connectivity index (χ4v) is 4.65. The van der Waals surface area contributed by atoms with Crippen molar-refractivity contribution in [3.63, 3.8) is 0 Å². The Morgan fingerprint density at radius 1 is 1.10 bits per heavy atom. The maximum absolute atomic E-state index is 13.3. The Morgan fingerprint density at radius 2 is 1.80 bits per heavy atom. The lowest BCUT2D eigenvalue weighted by Crippen LogP contribution is -2.36. The molecule has 3 aromatic rings. The van der Waals surface area contributed by atoms with E-state index in [1.807, 2.05) is 38.9 Å². The van der Waals surface area contributed by atoms with E-state index >= 15 is 0 Å². The van der Waals surface area contributed by atoms with Crippen molar-refractivity contribution in [2.75, 3.05) is 38.3 Å². The van der Waals surface area contributed by atoms with Crippen molar-refractivity contribution >= 4 is 54.8 Å². The number of anilines is 1. The van der Waals surface area contributed by atoms with Gasteiger partial charge in [-0.05, 0) is 63.3 Å². The molecule has 0 fully saturated rings. The average molecular weight is 468 g/mol. The van der Waals surface area contributed by atoms with Crippen molar-refractivity contribution < 1.29 is 13.2 Å². The smallest absolute Gasteiger partial charge is 0.260 e. The molecule has 162 valence electrons. The molecular formula is C21H26ClN3O3S2. The first kappa shape index (κ1) is 24.3. The van der Waals surface area contributed by atoms with Gasteiger partial charge in [0.15, 0.2) is 15.0 Å². The number of carbonyl (C=O) groups is 1. The molecule has 0 radical (unpaired) electrons. The first-order chi connectivity index (χ1) is 13.6. The molecule has 9 heteroatoms. The summed E-state index contributed by atoms with van der Waals surface area (Å²) in [5.74, 6) is -0.259. The molecule has 1 amide bonds. The highest BCUT2D eigenvalue weighted by molar-refractivity contribution is 7.90. The van der Waals surface area contributed by atoms with E-state index in [0.717, 1.165) is 27.6 Å². The van der Waals surface area contributed by atoms with Crippen molar-refractivity contribution in [3.8, 4) is 0 Å². The van der Waals surface area contributed by atoms with Crippen LogP contribution in [0.1, 0.15) is 21.5 Å². The van der Waals surface area contributed by atoms with E-state index in [2.05, 4.69) is 6.07 Å². The van der Waals surface area contributed by atoms with Crippen molar-refractivity contribution in [2.24, 2.45) is 0 Å². The van der Waals surface area contributed by atoms with Gasteiger partial charge in [0.2, 0.25) is 0 Å². The third-order valence-corrected chi connectivity index (χ3v) is 6.98. The van der Waals surface area contributed by atoms with Crippen LogP contribution in [0.15, 0.2) is 41.3 Å². The third kappa shape index (κ3) is 5.18. The predicted octanol–water partition coefficient (Wildman–Crippen LogP) is 3.95. The molecule has 3 rings (SSSR count). The maximum atomic E-state index is 13.3. The fourth-order valence-electron chi connectivity index (χ4n) is 2.93. The number of benzene rings is 2. The lowest BCUT2D eigenvalue weighted by molar-refractivity contribution is 0.0985. The number of sulfone groups is 1. The molecule has 1 heterocycles. The molecule has 0 spiro atoms. The van der Waals surface area contributed by atoms with Gasteiger partial charge in [-0.2, -0.15) is 0 Å². The van der Waals surface area contributed by atoms with Gasteiger partial charge in [-0.25, -0.2) is 13.4 Å². The normalized spacial score (nSPS) is 11.5. The van der Waals surface area contributed by atoms with E-state index in [-0.39, 0.29) is 23.2 Å². The Bertz CT molecular complexity index is 1170. The predicted molar refractivity (Wildman–Crippen MR) is 126 cm³/mol. The topological polar surface area (TPSA) is 70.6 Å². The number of carbonyl (C=O) groups excluding carboxylic acids is 1. The second-order valence-electron chi connectivity index (χ2n) is 7.41. The Labute approximate surface area is 187 Å². The standard InChI is InChI=1S/C21H25N3O3S2.ClH/c1-14-9-10-18-19(15(14)2)22-21(28-18)24(12-11-23(3)4)20(25)16-7-6-8-17(13-16)29(5,26)27;/h6-10,13H,11-12H2,1-5H3;1H. The van der Waals surface area contributed by atoms with Crippen LogP contribution in [0.5, 0.6) is 0 Å². The van der Waals surface area contributed by atoms with E-state index in [1.54, 1.807) is 17.0 Å². The second kappa shape index (κ2) is 9.43. The molecule has 6 nitrogen and oxygen atoms in total. The van der Waals surface area contributed by atoms with Crippen LogP contribution in [0.2, 0.25) is 0 Å². The van der Waals surface area contributed by atoms with Gasteiger partial charge in [0, 0.05) is 24.9 Å². The molecule has 0 saturated heterocycles. The van der Waals surface area contributed by atoms with Crippen molar-refractivity contribution in [1.82, 2.24) is 9.88 Å². The average Bonchev–Trinajstić information content (AvgIpc) is 3.08. The molecule has 0 saturated carbocycles. The number of thiazole rings is 1. The molecule has 1 aromatic heterocycles. The zero-order valence-corrected chi connectivity index (χ0v) is 20.1. The van der Waals surface area contributed by atoms with Crippen LogP contribution < -0.4 is 4.90 Å². The van der Waals surface area contributed by atoms with E-state index in [1.165, 1.54) is 23.5 Å². The lowest BCUT2D eigenvalue weighted by atomic mass is 10.1. The summed E-state index contributed by atoms with van der Waals surface area (Å²) in [6.07, 6.45) is 1.14. The summed E-state index contributed by atoms with van der Waals surface area (Å²) in [7, 11) is 0.489. The number of nitrogens with zero attached hydrogens (tertiary/aromatic N) is 3. The van der Waals surface area contributed by atoms with E-state index in [9.17, 15) is 13.2 Å². The summed E-state index contributed by atoms with van der Waals surface area (Å²) in [4.78, 5) is 21.9. The Balaban J connectivity index is 0.00000320. The number of aromatic nitrogens is 1. The second-order valence-corrected chi connectivity index (χ2v) is 10.4. The molecule has 0 aliphatic heterocycles. The molecule has 0 atom stereocenters. The van der Waals surface area contributed by atoms with Crippen LogP contribution in [-0.4, -0.2) is 57.6 Å². The van der Waals surface area contributed by atoms with Gasteiger partial charge in [0.05, 0.1) is 15.1 Å². The number of fused-ring (bicyclic) bond motifs is 1. The van der Waals surface area contributed by atoms with Gasteiger partial charge in [-0.3, -0.25) is 9.69 Å². The summed E-state index contributed by atoms with van der Waals surface area (Å²) >= 11 is 1.47. The van der Waals surface area contributed by atoms with Crippen LogP contribution in [0.25, 0.3) is 10.2 Å². The number of rotatable bonds is 6. The number of amides is 1. The van der Waals surface area contributed by atoms with E-state index in [0.29, 0.717) is 23.8 Å². The summed E-state index contributed by atoms with van der Waals surface area (Å²) in [5, 5.41) is 0.616. The molecular weight excluding hydrogens is 442 g/mol. The zero-order valence-electron chi connectivity index (χ0n) is 17.7. The van der Waals surface area contributed by atoms with Crippen LogP contribution in [0, 0.1) is 13.8 Å². The first-order valence-electron chi connectivity index (χ1n) is 9.21. The summed E-state index contributed by atoms with van der Waals surface area (Å²) in [5.41, 5.74) is 3.49. The minimum absolute atomic E-state index is 0. The maximum Gasteiger partial charge on any atom is 0.260 e. The van der Waals surface area contributed by atoms with E-state index < -0.39 is 9.84 Å². The fraction of sp³-hybridized carbons (Fsp3) is 0.333. The van der Waals surface area contributed by atoms with E-state index in [4.69, 9.17) is 4.98 Å². The highest BCUT2D eigenvalue weighted by Gasteiger charge is 2.23.